The molecule has 0 bridgehead atoms. The molecule has 96 valence electrons. The number of aromatic nitrogens is 2. The van der Waals surface area contributed by atoms with Crippen LogP contribution in [0.25, 0.3) is 0 Å². The molecule has 1 amide bonds. The van der Waals surface area contributed by atoms with Crippen molar-refractivity contribution < 1.29 is 9.53 Å². The highest BCUT2D eigenvalue weighted by Crippen LogP contribution is 2.08. The number of methoxy groups -OCH3 is 1. The molecule has 1 rings (SSSR count). The average Bonchev–Trinajstić information content (AvgIpc) is 2.61. The number of imidazole rings is 1. The van der Waals surface area contributed by atoms with E-state index < -0.39 is 0 Å². The topological polar surface area (TPSA) is 82.2 Å². The maximum atomic E-state index is 11.6. The number of ether oxygens (including phenoxy) is 1. The number of nitrogens with zero attached hydrogens (tertiary/aromatic N) is 2. The van der Waals surface area contributed by atoms with Gasteiger partial charge in [-0.1, -0.05) is 0 Å². The molecule has 0 spiro atoms. The lowest BCUT2D eigenvalue weighted by Crippen LogP contribution is -2.30. The highest BCUT2D eigenvalue weighted by atomic mass is 16.5. The second-order valence-corrected chi connectivity index (χ2v) is 3.97. The molecule has 6 nitrogen and oxygen atoms in total. The van der Waals surface area contributed by atoms with Gasteiger partial charge >= 0.3 is 0 Å². The Kier molecular flexibility index (Phi) is 5.11. The van der Waals surface area contributed by atoms with Gasteiger partial charge in [0.1, 0.15) is 12.4 Å². The van der Waals surface area contributed by atoms with Crippen molar-refractivity contribution in [1.82, 2.24) is 14.9 Å². The molecule has 17 heavy (non-hydrogen) atoms. The summed E-state index contributed by atoms with van der Waals surface area (Å²) < 4.78 is 6.64. The zero-order valence-corrected chi connectivity index (χ0v) is 10.6. The number of carbonyl (C=O) groups excluding carboxylic acids is 1. The highest BCUT2D eigenvalue weighted by molar-refractivity contribution is 5.75. The highest BCUT2D eigenvalue weighted by Gasteiger charge is 2.10. The van der Waals surface area contributed by atoms with Gasteiger partial charge in [-0.3, -0.25) is 4.79 Å². The summed E-state index contributed by atoms with van der Waals surface area (Å²) in [5.41, 5.74) is 6.53. The molecule has 0 radical (unpaired) electrons. The fourth-order valence-corrected chi connectivity index (χ4v) is 1.42. The van der Waals surface area contributed by atoms with E-state index in [0.29, 0.717) is 13.2 Å². The van der Waals surface area contributed by atoms with Crippen LogP contribution in [0.15, 0.2) is 6.20 Å². The first-order chi connectivity index (χ1) is 8.04. The summed E-state index contributed by atoms with van der Waals surface area (Å²) in [4.78, 5) is 15.9. The normalized spacial score (nSPS) is 12.5. The Hall–Kier alpha value is -1.40. The lowest BCUT2D eigenvalue weighted by molar-refractivity contribution is -0.121. The largest absolute Gasteiger partial charge is 0.383 e. The Morgan fingerprint density at radius 1 is 1.71 bits per heavy atom. The molecule has 0 aliphatic carbocycles. The first-order valence-electron chi connectivity index (χ1n) is 5.59. The van der Waals surface area contributed by atoms with Gasteiger partial charge in [-0.2, -0.15) is 0 Å². The Morgan fingerprint density at radius 2 is 2.41 bits per heavy atom. The van der Waals surface area contributed by atoms with Crippen LogP contribution >= 0.6 is 0 Å². The van der Waals surface area contributed by atoms with Gasteiger partial charge in [0.05, 0.1) is 12.3 Å². The van der Waals surface area contributed by atoms with E-state index in [-0.39, 0.29) is 18.5 Å². The molecule has 0 aliphatic heterocycles. The van der Waals surface area contributed by atoms with Crippen molar-refractivity contribution in [2.45, 2.75) is 26.4 Å². The third-order valence-electron chi connectivity index (χ3n) is 2.40. The number of hydrogen-bond acceptors (Lipinski definition) is 4. The number of carbonyl (C=O) groups is 1. The van der Waals surface area contributed by atoms with Crippen LogP contribution in [0.5, 0.6) is 0 Å². The van der Waals surface area contributed by atoms with E-state index >= 15 is 0 Å². The van der Waals surface area contributed by atoms with Crippen LogP contribution in [0.2, 0.25) is 0 Å². The summed E-state index contributed by atoms with van der Waals surface area (Å²) in [6, 6.07) is -0.119. The lowest BCUT2D eigenvalue weighted by atomic mass is 10.3. The van der Waals surface area contributed by atoms with Crippen LogP contribution in [-0.4, -0.2) is 35.7 Å². The van der Waals surface area contributed by atoms with Crippen LogP contribution in [-0.2, 0) is 16.1 Å². The van der Waals surface area contributed by atoms with Gasteiger partial charge < -0.3 is 20.4 Å². The summed E-state index contributed by atoms with van der Waals surface area (Å²) in [6.07, 6.45) is 1.82. The van der Waals surface area contributed by atoms with Crippen molar-refractivity contribution in [2.24, 2.45) is 5.73 Å². The Labute approximate surface area is 101 Å². The van der Waals surface area contributed by atoms with E-state index in [1.165, 1.54) is 0 Å². The van der Waals surface area contributed by atoms with Crippen molar-refractivity contribution in [3.8, 4) is 0 Å². The minimum Gasteiger partial charge on any atom is -0.383 e. The summed E-state index contributed by atoms with van der Waals surface area (Å²) in [5, 5.41) is 2.75. The monoisotopic (exact) mass is 240 g/mol. The Bertz CT molecular complexity index is 374. The zero-order chi connectivity index (χ0) is 12.8. The van der Waals surface area contributed by atoms with Gasteiger partial charge in [-0.05, 0) is 13.8 Å². The average molecular weight is 240 g/mol. The first kappa shape index (κ1) is 13.7. The minimum absolute atomic E-state index is 0.0567. The molecule has 0 saturated carbocycles. The maximum absolute atomic E-state index is 11.6. The van der Waals surface area contributed by atoms with E-state index in [2.05, 4.69) is 10.3 Å². The summed E-state index contributed by atoms with van der Waals surface area (Å²) in [7, 11) is 1.60. The second-order valence-electron chi connectivity index (χ2n) is 3.97. The van der Waals surface area contributed by atoms with E-state index in [4.69, 9.17) is 10.5 Å². The molecule has 1 heterocycles. The Balaban J connectivity index is 2.53. The van der Waals surface area contributed by atoms with Gasteiger partial charge in [0.25, 0.3) is 0 Å². The van der Waals surface area contributed by atoms with Gasteiger partial charge in [0.15, 0.2) is 0 Å². The first-order valence-corrected chi connectivity index (χ1v) is 5.59. The van der Waals surface area contributed by atoms with Gasteiger partial charge in [-0.25, -0.2) is 4.98 Å². The smallest absolute Gasteiger partial charge is 0.240 e. The van der Waals surface area contributed by atoms with Crippen molar-refractivity contribution in [1.29, 1.82) is 0 Å². The zero-order valence-electron chi connectivity index (χ0n) is 10.6. The second kappa shape index (κ2) is 6.36. The minimum atomic E-state index is -0.119. The van der Waals surface area contributed by atoms with Gasteiger partial charge in [0, 0.05) is 25.9 Å². The Morgan fingerprint density at radius 3 is 2.94 bits per heavy atom. The molecule has 6 heteroatoms. The summed E-state index contributed by atoms with van der Waals surface area (Å²) >= 11 is 0. The van der Waals surface area contributed by atoms with Crippen LogP contribution in [0.1, 0.15) is 24.5 Å². The van der Waals surface area contributed by atoms with E-state index in [1.807, 2.05) is 20.0 Å². The maximum Gasteiger partial charge on any atom is 0.240 e. The quantitative estimate of drug-likeness (QED) is 0.684. The van der Waals surface area contributed by atoms with Crippen molar-refractivity contribution >= 4 is 5.91 Å². The number of hydrogen-bond donors (Lipinski definition) is 2. The molecule has 0 fully saturated rings. The molecule has 1 aromatic rings. The van der Waals surface area contributed by atoms with Gasteiger partial charge in [-0.15, -0.1) is 0 Å². The standard InChI is InChI=1S/C11H20N4O2/c1-8(12)10-6-15(9(2)14-10)7-11(16)13-4-5-17-3/h6,8H,4-5,7,12H2,1-3H3,(H,13,16)/t8-/m0/s1. The van der Waals surface area contributed by atoms with Crippen LogP contribution in [0, 0.1) is 6.92 Å². The van der Waals surface area contributed by atoms with Crippen LogP contribution in [0.4, 0.5) is 0 Å². The van der Waals surface area contributed by atoms with E-state index in [9.17, 15) is 4.79 Å². The van der Waals surface area contributed by atoms with E-state index in [1.54, 1.807) is 11.7 Å². The summed E-state index contributed by atoms with van der Waals surface area (Å²) in [6.45, 7) is 5.01. The van der Waals surface area contributed by atoms with E-state index in [0.717, 1.165) is 11.5 Å². The van der Waals surface area contributed by atoms with Crippen molar-refractivity contribution in [3.63, 3.8) is 0 Å². The molecule has 1 aromatic heterocycles. The molecule has 3 N–H and O–H groups in total. The molecular formula is C11H20N4O2. The van der Waals surface area contributed by atoms with Crippen LogP contribution < -0.4 is 11.1 Å². The molecule has 0 aliphatic rings. The predicted octanol–water partition coefficient (Wildman–Crippen LogP) is -0.0262. The molecule has 0 saturated heterocycles. The number of aryl methyl sites for hydroxylation is 1. The molecule has 1 atom stereocenters. The molecule has 0 aromatic carbocycles. The number of nitrogens with two attached hydrogens (primary N) is 1. The molecule has 0 unspecified atom stereocenters. The third-order valence-corrected chi connectivity index (χ3v) is 2.40. The molecular weight excluding hydrogens is 220 g/mol. The van der Waals surface area contributed by atoms with Crippen molar-refractivity contribution in [3.05, 3.63) is 17.7 Å². The predicted molar refractivity (Wildman–Crippen MR) is 64.5 cm³/mol. The fraction of sp³-hybridized carbons (Fsp3) is 0.636. The summed E-state index contributed by atoms with van der Waals surface area (Å²) in [5.74, 6) is 0.734. The number of rotatable bonds is 6. The van der Waals surface area contributed by atoms with Gasteiger partial charge in [0.2, 0.25) is 5.91 Å². The number of nitrogens with one attached hydrogen (secondary N) is 1. The third kappa shape index (κ3) is 4.16. The van der Waals surface area contributed by atoms with Crippen LogP contribution in [0.3, 0.4) is 0 Å². The number of amides is 1. The lowest BCUT2D eigenvalue weighted by Gasteiger charge is -2.06. The SMILES string of the molecule is COCCNC(=O)Cn1cc([C@H](C)N)nc1C. The van der Waals surface area contributed by atoms with Crippen molar-refractivity contribution in [2.75, 3.05) is 20.3 Å². The fourth-order valence-electron chi connectivity index (χ4n) is 1.42.